The molecule has 0 amide bonds. The van der Waals surface area contributed by atoms with Gasteiger partial charge in [-0.3, -0.25) is 0 Å². The molecular formula is C51H30N4OS. The van der Waals surface area contributed by atoms with Crippen LogP contribution in [0.3, 0.4) is 0 Å². The number of furan rings is 1. The number of benzene rings is 8. The molecule has 0 saturated heterocycles. The molecule has 0 spiro atoms. The molecular weight excluding hydrogens is 717 g/mol. The molecule has 0 saturated carbocycles. The summed E-state index contributed by atoms with van der Waals surface area (Å²) < 4.78 is 11.2. The Morgan fingerprint density at radius 1 is 0.404 bits per heavy atom. The first-order valence-corrected chi connectivity index (χ1v) is 19.8. The van der Waals surface area contributed by atoms with Gasteiger partial charge < -0.3 is 8.98 Å². The van der Waals surface area contributed by atoms with Crippen LogP contribution in [-0.4, -0.2) is 19.5 Å². The van der Waals surface area contributed by atoms with Gasteiger partial charge in [0.1, 0.15) is 11.2 Å². The topological polar surface area (TPSA) is 56.7 Å². The van der Waals surface area contributed by atoms with E-state index >= 15 is 0 Å². The molecule has 0 fully saturated rings. The minimum absolute atomic E-state index is 0.575. The minimum atomic E-state index is 0.575. The summed E-state index contributed by atoms with van der Waals surface area (Å²) in [5.74, 6) is 1.81. The van der Waals surface area contributed by atoms with Gasteiger partial charge in [0.2, 0.25) is 0 Å². The summed E-state index contributed by atoms with van der Waals surface area (Å²) >= 11 is 1.82. The molecule has 0 aliphatic carbocycles. The van der Waals surface area contributed by atoms with Crippen molar-refractivity contribution in [2.45, 2.75) is 0 Å². The molecule has 5 nitrogen and oxygen atoms in total. The maximum Gasteiger partial charge on any atom is 0.167 e. The molecule has 12 aromatic rings. The lowest BCUT2D eigenvalue weighted by Crippen LogP contribution is -2.00. The van der Waals surface area contributed by atoms with Crippen molar-refractivity contribution < 1.29 is 4.42 Å². The predicted octanol–water partition coefficient (Wildman–Crippen LogP) is 13.9. The number of aromatic nitrogens is 4. The molecule has 0 aliphatic rings. The number of hydrogen-bond acceptors (Lipinski definition) is 5. The van der Waals surface area contributed by atoms with Crippen molar-refractivity contribution in [2.24, 2.45) is 0 Å². The highest BCUT2D eigenvalue weighted by molar-refractivity contribution is 7.26. The van der Waals surface area contributed by atoms with Crippen LogP contribution in [0, 0.1) is 0 Å². The second-order valence-electron chi connectivity index (χ2n) is 14.4. The van der Waals surface area contributed by atoms with Crippen molar-refractivity contribution in [3.8, 4) is 51.0 Å². The van der Waals surface area contributed by atoms with Crippen molar-refractivity contribution >= 4 is 75.3 Å². The maximum absolute atomic E-state index is 6.44. The van der Waals surface area contributed by atoms with Crippen molar-refractivity contribution in [3.05, 3.63) is 182 Å². The van der Waals surface area contributed by atoms with E-state index in [4.69, 9.17) is 19.4 Å². The number of thiophene rings is 1. The number of nitrogens with zero attached hydrogens (tertiary/aromatic N) is 4. The van der Waals surface area contributed by atoms with Gasteiger partial charge in [-0.05, 0) is 53.6 Å². The molecule has 0 bridgehead atoms. The molecule has 8 aromatic carbocycles. The summed E-state index contributed by atoms with van der Waals surface area (Å²) in [4.78, 5) is 15.3. The van der Waals surface area contributed by atoms with E-state index in [9.17, 15) is 0 Å². The van der Waals surface area contributed by atoms with Crippen molar-refractivity contribution in [2.75, 3.05) is 0 Å². The van der Waals surface area contributed by atoms with E-state index < -0.39 is 0 Å². The van der Waals surface area contributed by atoms with E-state index in [0.29, 0.717) is 17.5 Å². The van der Waals surface area contributed by atoms with E-state index in [1.165, 1.54) is 53.1 Å². The SMILES string of the molecule is c1ccc(-c2nc(-c3ccc4c(c3)sc3c(-c5ccc6c7ccccc7n(-c7ccccc7)c6c5)cccc34)nc(-c3cccc4c3oc3ccccc34)n2)cc1. The third-order valence-electron chi connectivity index (χ3n) is 11.1. The van der Waals surface area contributed by atoms with Crippen LogP contribution in [0.2, 0.25) is 0 Å². The van der Waals surface area contributed by atoms with Crippen LogP contribution in [0.5, 0.6) is 0 Å². The number of fused-ring (bicyclic) bond motifs is 9. The van der Waals surface area contributed by atoms with E-state index in [1.54, 1.807) is 0 Å². The summed E-state index contributed by atoms with van der Waals surface area (Å²) in [6.45, 7) is 0. The van der Waals surface area contributed by atoms with E-state index in [-0.39, 0.29) is 0 Å². The highest BCUT2D eigenvalue weighted by atomic mass is 32.1. The van der Waals surface area contributed by atoms with Gasteiger partial charge in [-0.2, -0.15) is 0 Å². The van der Waals surface area contributed by atoms with E-state index in [0.717, 1.165) is 44.3 Å². The molecule has 0 unspecified atom stereocenters. The van der Waals surface area contributed by atoms with Gasteiger partial charge in [0.05, 0.1) is 16.6 Å². The predicted molar refractivity (Wildman–Crippen MR) is 236 cm³/mol. The third kappa shape index (κ3) is 5.04. The van der Waals surface area contributed by atoms with E-state index in [1.807, 2.05) is 72.0 Å². The fourth-order valence-electron chi connectivity index (χ4n) is 8.42. The summed E-state index contributed by atoms with van der Waals surface area (Å²) in [5, 5.41) is 7.05. The summed E-state index contributed by atoms with van der Waals surface area (Å²) in [6.07, 6.45) is 0. The second-order valence-corrected chi connectivity index (χ2v) is 15.4. The van der Waals surface area contributed by atoms with Gasteiger partial charge in [0.25, 0.3) is 0 Å². The minimum Gasteiger partial charge on any atom is -0.455 e. The molecule has 0 N–H and O–H groups in total. The highest BCUT2D eigenvalue weighted by Crippen LogP contribution is 2.43. The van der Waals surface area contributed by atoms with Crippen LogP contribution < -0.4 is 0 Å². The number of rotatable bonds is 5. The second kappa shape index (κ2) is 12.6. The molecule has 6 heteroatoms. The molecule has 4 aromatic heterocycles. The van der Waals surface area contributed by atoms with Gasteiger partial charge in [-0.15, -0.1) is 11.3 Å². The maximum atomic E-state index is 6.44. The lowest BCUT2D eigenvalue weighted by molar-refractivity contribution is 0.669. The van der Waals surface area contributed by atoms with Gasteiger partial charge in [0, 0.05) is 58.5 Å². The monoisotopic (exact) mass is 746 g/mol. The Balaban J connectivity index is 1.02. The number of hydrogen-bond donors (Lipinski definition) is 0. The largest absolute Gasteiger partial charge is 0.455 e. The van der Waals surface area contributed by atoms with Crippen LogP contribution in [0.4, 0.5) is 0 Å². The summed E-state index contributed by atoms with van der Waals surface area (Å²) in [5.41, 5.74) is 10.3. The summed E-state index contributed by atoms with van der Waals surface area (Å²) in [7, 11) is 0. The highest BCUT2D eigenvalue weighted by Gasteiger charge is 2.20. The van der Waals surface area contributed by atoms with Gasteiger partial charge in [0.15, 0.2) is 17.5 Å². The van der Waals surface area contributed by atoms with Gasteiger partial charge in [-0.1, -0.05) is 140 Å². The zero-order valence-corrected chi connectivity index (χ0v) is 31.2. The van der Waals surface area contributed by atoms with Crippen molar-refractivity contribution in [3.63, 3.8) is 0 Å². The molecule has 57 heavy (non-hydrogen) atoms. The molecule has 266 valence electrons. The van der Waals surface area contributed by atoms with Gasteiger partial charge >= 0.3 is 0 Å². The Morgan fingerprint density at radius 2 is 1.04 bits per heavy atom. The fourth-order valence-corrected chi connectivity index (χ4v) is 9.70. The zero-order chi connectivity index (χ0) is 37.5. The zero-order valence-electron chi connectivity index (χ0n) is 30.4. The lowest BCUT2D eigenvalue weighted by Gasteiger charge is -2.09. The first-order chi connectivity index (χ1) is 28.2. The standard InChI is InChI=1S/C51H30N4OS/c1-3-13-31(14-4-1)49-52-50(54-51(53-49)42-22-12-20-40-38-18-8-10-24-45(38)56-47(40)42)33-26-28-39-41-21-11-19-35(48(41)57-46(39)30-33)32-25-27-37-36-17-7-9-23-43(36)55(44(37)29-32)34-15-5-2-6-16-34/h1-30H. The quantitative estimate of drug-likeness (QED) is 0.176. The van der Waals surface area contributed by atoms with Crippen LogP contribution in [0.25, 0.3) is 115 Å². The smallest absolute Gasteiger partial charge is 0.167 e. The molecule has 0 atom stereocenters. The van der Waals surface area contributed by atoms with Crippen molar-refractivity contribution in [1.29, 1.82) is 0 Å². The third-order valence-corrected chi connectivity index (χ3v) is 12.3. The van der Waals surface area contributed by atoms with Gasteiger partial charge in [-0.25, -0.2) is 15.0 Å². The fraction of sp³-hybridized carbons (Fsp3) is 0. The number of para-hydroxylation sites is 4. The molecule has 12 rings (SSSR count). The van der Waals surface area contributed by atoms with Crippen LogP contribution in [0.15, 0.2) is 186 Å². The average molecular weight is 747 g/mol. The Morgan fingerprint density at radius 3 is 1.89 bits per heavy atom. The van der Waals surface area contributed by atoms with Crippen LogP contribution in [0.1, 0.15) is 0 Å². The van der Waals surface area contributed by atoms with Crippen LogP contribution in [-0.2, 0) is 0 Å². The average Bonchev–Trinajstić information content (AvgIpc) is 3.96. The normalized spacial score (nSPS) is 11.9. The van der Waals surface area contributed by atoms with Crippen LogP contribution >= 0.6 is 11.3 Å². The molecule has 0 aliphatic heterocycles. The Kier molecular flexibility index (Phi) is 7.03. The summed E-state index contributed by atoms with van der Waals surface area (Å²) in [6, 6.07) is 63.9. The molecule has 0 radical (unpaired) electrons. The first kappa shape index (κ1) is 31.9. The molecule has 4 heterocycles. The van der Waals surface area contributed by atoms with Crippen molar-refractivity contribution in [1.82, 2.24) is 19.5 Å². The Labute approximate surface area is 330 Å². The Hall–Kier alpha value is -7.41. The Bertz CT molecular complexity index is 3530. The lowest BCUT2D eigenvalue weighted by atomic mass is 10.0. The van der Waals surface area contributed by atoms with E-state index in [2.05, 4.69) is 126 Å². The first-order valence-electron chi connectivity index (χ1n) is 19.0.